The number of nitrogens with zero attached hydrogens (tertiary/aromatic N) is 5. The fourth-order valence-electron chi connectivity index (χ4n) is 2.36. The molecule has 3 rings (SSSR count). The number of hydrogen-bond acceptors (Lipinski definition) is 5. The van der Waals surface area contributed by atoms with Crippen LogP contribution in [0, 0.1) is 19.8 Å². The summed E-state index contributed by atoms with van der Waals surface area (Å²) in [6.07, 6.45) is 2.06. The zero-order valence-corrected chi connectivity index (χ0v) is 13.6. The highest BCUT2D eigenvalue weighted by Gasteiger charge is 2.17. The fraction of sp³-hybridized carbons (Fsp3) is 0.500. The van der Waals surface area contributed by atoms with E-state index in [0.29, 0.717) is 5.92 Å². The monoisotopic (exact) mass is 304 g/mol. The van der Waals surface area contributed by atoms with Crippen molar-refractivity contribution in [2.45, 2.75) is 34.2 Å². The molecule has 0 aliphatic heterocycles. The summed E-state index contributed by atoms with van der Waals surface area (Å²) in [5, 5.41) is 10.0. The largest absolute Gasteiger partial charge is 0.311 e. The third-order valence-electron chi connectivity index (χ3n) is 3.26. The van der Waals surface area contributed by atoms with E-state index in [2.05, 4.69) is 45.2 Å². The molecule has 1 N–H and O–H groups in total. The zero-order valence-electron chi connectivity index (χ0n) is 12.8. The van der Waals surface area contributed by atoms with Crippen LogP contribution in [0.15, 0.2) is 11.6 Å². The average molecular weight is 304 g/mol. The minimum atomic E-state index is 0.620. The van der Waals surface area contributed by atoms with Gasteiger partial charge < -0.3 is 5.32 Å². The second kappa shape index (κ2) is 5.57. The molecule has 0 aromatic carbocycles. The smallest absolute Gasteiger partial charge is 0.196 e. The van der Waals surface area contributed by atoms with Crippen molar-refractivity contribution in [3.05, 3.63) is 28.9 Å². The lowest BCUT2D eigenvalue weighted by molar-refractivity contribution is 0.545. The minimum absolute atomic E-state index is 0.620. The molecule has 0 aliphatic rings. The van der Waals surface area contributed by atoms with Gasteiger partial charge in [0.2, 0.25) is 0 Å². The van der Waals surface area contributed by atoms with Crippen LogP contribution in [0.2, 0.25) is 0 Å². The molecule has 0 amide bonds. The maximum atomic E-state index is 4.72. The average Bonchev–Trinajstić information content (AvgIpc) is 3.05. The first-order chi connectivity index (χ1) is 10.1. The van der Waals surface area contributed by atoms with Gasteiger partial charge in [-0.25, -0.2) is 4.98 Å². The summed E-state index contributed by atoms with van der Waals surface area (Å²) in [5.74, 6) is 3.12. The molecule has 0 atom stereocenters. The lowest BCUT2D eigenvalue weighted by Crippen LogP contribution is -2.21. The maximum absolute atomic E-state index is 4.72. The Labute approximate surface area is 127 Å². The van der Waals surface area contributed by atoms with E-state index >= 15 is 0 Å². The number of nitrogens with one attached hydrogen (secondary N) is 1. The summed E-state index contributed by atoms with van der Waals surface area (Å²) in [6, 6.07) is 0. The minimum Gasteiger partial charge on any atom is -0.311 e. The number of aryl methyl sites for hydroxylation is 2. The van der Waals surface area contributed by atoms with Crippen LogP contribution in [0.4, 0.5) is 0 Å². The van der Waals surface area contributed by atoms with Crippen LogP contribution in [-0.2, 0) is 6.54 Å². The number of hydrogen-bond donors (Lipinski definition) is 1. The number of thiazole rings is 1. The highest BCUT2D eigenvalue weighted by Crippen LogP contribution is 2.21. The molecule has 7 heteroatoms. The van der Waals surface area contributed by atoms with Gasteiger partial charge in [0.1, 0.15) is 11.6 Å². The van der Waals surface area contributed by atoms with Crippen molar-refractivity contribution in [2.24, 2.45) is 5.92 Å². The van der Waals surface area contributed by atoms with E-state index in [1.54, 1.807) is 11.3 Å². The molecule has 0 fully saturated rings. The summed E-state index contributed by atoms with van der Waals surface area (Å²) in [6.45, 7) is 10.0. The van der Waals surface area contributed by atoms with Gasteiger partial charge in [-0.1, -0.05) is 13.8 Å². The Balaban J connectivity index is 2.01. The molecular formula is C14H20N6S. The third-order valence-corrected chi connectivity index (χ3v) is 4.02. The van der Waals surface area contributed by atoms with Gasteiger partial charge in [-0.15, -0.1) is 16.4 Å². The normalized spacial score (nSPS) is 11.9. The Morgan fingerprint density at radius 2 is 2.10 bits per heavy atom. The van der Waals surface area contributed by atoms with Crippen molar-refractivity contribution in [1.29, 1.82) is 0 Å². The van der Waals surface area contributed by atoms with Crippen molar-refractivity contribution < 1.29 is 0 Å². The van der Waals surface area contributed by atoms with Crippen LogP contribution in [0.3, 0.4) is 0 Å². The van der Waals surface area contributed by atoms with E-state index in [4.69, 9.17) is 4.98 Å². The number of rotatable bonds is 5. The second-order valence-corrected chi connectivity index (χ2v) is 6.45. The lowest BCUT2D eigenvalue weighted by atomic mass is 10.2. The molecule has 0 aliphatic carbocycles. The Morgan fingerprint density at radius 1 is 1.29 bits per heavy atom. The van der Waals surface area contributed by atoms with E-state index in [-0.39, 0.29) is 0 Å². The Kier molecular flexibility index (Phi) is 3.77. The quantitative estimate of drug-likeness (QED) is 0.786. The van der Waals surface area contributed by atoms with Crippen LogP contribution in [0.1, 0.15) is 31.2 Å². The topological polar surface area (TPSA) is 60.0 Å². The van der Waals surface area contributed by atoms with E-state index in [1.807, 2.05) is 18.5 Å². The maximum Gasteiger partial charge on any atom is 0.196 e. The Hall–Kier alpha value is -1.73. The Morgan fingerprint density at radius 3 is 2.76 bits per heavy atom. The van der Waals surface area contributed by atoms with Crippen LogP contribution in [-0.4, -0.2) is 30.7 Å². The molecule has 0 unspecified atom stereocenters. The standard InChI is InChI=1S/C14H20N6S/c1-9(2)7-15-8-12-13(17-14-19(12)5-6-21-14)20-11(4)16-10(3)18-20/h5-6,9,15H,7-8H2,1-4H3. The number of aromatic nitrogens is 5. The van der Waals surface area contributed by atoms with Gasteiger partial charge in [-0.3, -0.25) is 4.40 Å². The van der Waals surface area contributed by atoms with Crippen molar-refractivity contribution in [3.8, 4) is 5.82 Å². The molecule has 0 radical (unpaired) electrons. The van der Waals surface area contributed by atoms with Gasteiger partial charge >= 0.3 is 0 Å². The highest BCUT2D eigenvalue weighted by molar-refractivity contribution is 7.15. The molecule has 0 bridgehead atoms. The van der Waals surface area contributed by atoms with E-state index in [9.17, 15) is 0 Å². The number of imidazole rings is 1. The van der Waals surface area contributed by atoms with Crippen molar-refractivity contribution in [2.75, 3.05) is 6.54 Å². The summed E-state index contributed by atoms with van der Waals surface area (Å²) in [7, 11) is 0. The van der Waals surface area contributed by atoms with Gasteiger partial charge in [0.05, 0.1) is 5.69 Å². The van der Waals surface area contributed by atoms with Gasteiger partial charge in [0.25, 0.3) is 0 Å². The molecule has 112 valence electrons. The lowest BCUT2D eigenvalue weighted by Gasteiger charge is -2.09. The summed E-state index contributed by atoms with van der Waals surface area (Å²) >= 11 is 1.63. The van der Waals surface area contributed by atoms with E-state index < -0.39 is 0 Å². The fourth-order valence-corrected chi connectivity index (χ4v) is 3.08. The second-order valence-electron chi connectivity index (χ2n) is 5.58. The molecule has 0 saturated heterocycles. The highest BCUT2D eigenvalue weighted by atomic mass is 32.1. The van der Waals surface area contributed by atoms with Crippen molar-refractivity contribution >= 4 is 16.3 Å². The van der Waals surface area contributed by atoms with Gasteiger partial charge in [0, 0.05) is 18.1 Å². The third kappa shape index (κ3) is 2.71. The molecular weight excluding hydrogens is 284 g/mol. The van der Waals surface area contributed by atoms with Crippen LogP contribution in [0.25, 0.3) is 10.8 Å². The van der Waals surface area contributed by atoms with Crippen molar-refractivity contribution in [1.82, 2.24) is 29.5 Å². The van der Waals surface area contributed by atoms with Crippen LogP contribution < -0.4 is 5.32 Å². The van der Waals surface area contributed by atoms with Crippen LogP contribution >= 0.6 is 11.3 Å². The number of fused-ring (bicyclic) bond motifs is 1. The molecule has 3 heterocycles. The van der Waals surface area contributed by atoms with Gasteiger partial charge in [-0.05, 0) is 26.3 Å². The SMILES string of the molecule is Cc1nc(C)n(-c2nc3sccn3c2CNCC(C)C)n1. The van der Waals surface area contributed by atoms with E-state index in [1.165, 1.54) is 0 Å². The molecule has 0 saturated carbocycles. The van der Waals surface area contributed by atoms with Crippen molar-refractivity contribution in [3.63, 3.8) is 0 Å². The first-order valence-electron chi connectivity index (χ1n) is 7.12. The summed E-state index contributed by atoms with van der Waals surface area (Å²) in [5.41, 5.74) is 1.12. The summed E-state index contributed by atoms with van der Waals surface area (Å²) < 4.78 is 3.96. The van der Waals surface area contributed by atoms with Gasteiger partial charge in [0.15, 0.2) is 10.8 Å². The van der Waals surface area contributed by atoms with Gasteiger partial charge in [-0.2, -0.15) is 9.67 Å². The molecule has 3 aromatic heterocycles. The molecule has 3 aromatic rings. The molecule has 6 nitrogen and oxygen atoms in total. The molecule has 21 heavy (non-hydrogen) atoms. The first kappa shape index (κ1) is 14.2. The summed E-state index contributed by atoms with van der Waals surface area (Å²) in [4.78, 5) is 10.1. The Bertz CT molecular complexity index is 751. The first-order valence-corrected chi connectivity index (χ1v) is 8.00. The zero-order chi connectivity index (χ0) is 15.0. The predicted octanol–water partition coefficient (Wildman–Crippen LogP) is 2.34. The van der Waals surface area contributed by atoms with E-state index in [0.717, 1.165) is 41.2 Å². The van der Waals surface area contributed by atoms with Crippen LogP contribution in [0.5, 0.6) is 0 Å². The predicted molar refractivity (Wildman–Crippen MR) is 84.0 cm³/mol. The molecule has 0 spiro atoms.